The Kier molecular flexibility index (Phi) is 6.91. The molecule has 23 heavy (non-hydrogen) atoms. The number of benzene rings is 1. The molecule has 1 aliphatic heterocycles. The SMILES string of the molecule is Nc1ccccc1CCC(=O)NCCCN1CCCCCC1=O. The summed E-state index contributed by atoms with van der Waals surface area (Å²) >= 11 is 0. The van der Waals surface area contributed by atoms with Gasteiger partial charge in [0.2, 0.25) is 11.8 Å². The van der Waals surface area contributed by atoms with Crippen molar-refractivity contribution in [3.05, 3.63) is 29.8 Å². The molecule has 0 aromatic heterocycles. The van der Waals surface area contributed by atoms with E-state index in [0.717, 1.165) is 50.0 Å². The number of rotatable bonds is 7. The monoisotopic (exact) mass is 317 g/mol. The second-order valence-corrected chi connectivity index (χ2v) is 6.09. The Labute approximate surface area is 138 Å². The third-order valence-corrected chi connectivity index (χ3v) is 4.27. The van der Waals surface area contributed by atoms with Gasteiger partial charge in [-0.2, -0.15) is 0 Å². The van der Waals surface area contributed by atoms with Crippen molar-refractivity contribution < 1.29 is 9.59 Å². The molecule has 1 fully saturated rings. The molecule has 5 heteroatoms. The van der Waals surface area contributed by atoms with Gasteiger partial charge in [-0.05, 0) is 37.3 Å². The maximum Gasteiger partial charge on any atom is 0.222 e. The van der Waals surface area contributed by atoms with Crippen LogP contribution in [-0.4, -0.2) is 36.3 Å². The molecule has 1 heterocycles. The van der Waals surface area contributed by atoms with Crippen LogP contribution in [-0.2, 0) is 16.0 Å². The van der Waals surface area contributed by atoms with Gasteiger partial charge >= 0.3 is 0 Å². The van der Waals surface area contributed by atoms with Crippen LogP contribution < -0.4 is 11.1 Å². The van der Waals surface area contributed by atoms with Crippen molar-refractivity contribution in [2.24, 2.45) is 0 Å². The van der Waals surface area contributed by atoms with E-state index in [9.17, 15) is 9.59 Å². The largest absolute Gasteiger partial charge is 0.399 e. The Hall–Kier alpha value is -2.04. The van der Waals surface area contributed by atoms with E-state index in [4.69, 9.17) is 5.73 Å². The summed E-state index contributed by atoms with van der Waals surface area (Å²) in [6, 6.07) is 7.63. The van der Waals surface area contributed by atoms with E-state index >= 15 is 0 Å². The van der Waals surface area contributed by atoms with Crippen molar-refractivity contribution in [1.29, 1.82) is 0 Å². The van der Waals surface area contributed by atoms with Gasteiger partial charge in [0, 0.05) is 38.2 Å². The van der Waals surface area contributed by atoms with E-state index in [1.54, 1.807) is 0 Å². The summed E-state index contributed by atoms with van der Waals surface area (Å²) in [6.07, 6.45) is 5.82. The summed E-state index contributed by atoms with van der Waals surface area (Å²) in [7, 11) is 0. The molecule has 1 aromatic carbocycles. The number of anilines is 1. The summed E-state index contributed by atoms with van der Waals surface area (Å²) < 4.78 is 0. The number of aryl methyl sites for hydroxylation is 1. The van der Waals surface area contributed by atoms with Gasteiger partial charge < -0.3 is 16.0 Å². The normalized spacial score (nSPS) is 15.3. The zero-order valence-corrected chi connectivity index (χ0v) is 13.7. The summed E-state index contributed by atoms with van der Waals surface area (Å²) in [6.45, 7) is 2.22. The van der Waals surface area contributed by atoms with Gasteiger partial charge in [-0.25, -0.2) is 0 Å². The lowest BCUT2D eigenvalue weighted by atomic mass is 10.1. The van der Waals surface area contributed by atoms with Crippen LogP contribution in [0.15, 0.2) is 24.3 Å². The molecule has 126 valence electrons. The van der Waals surface area contributed by atoms with Crippen LogP contribution in [0.25, 0.3) is 0 Å². The van der Waals surface area contributed by atoms with Gasteiger partial charge in [0.15, 0.2) is 0 Å². The Morgan fingerprint density at radius 3 is 2.87 bits per heavy atom. The first-order valence-electron chi connectivity index (χ1n) is 8.54. The van der Waals surface area contributed by atoms with E-state index in [-0.39, 0.29) is 11.8 Å². The molecule has 0 bridgehead atoms. The molecule has 1 aliphatic rings. The molecule has 0 aliphatic carbocycles. The van der Waals surface area contributed by atoms with Crippen molar-refractivity contribution in [3.63, 3.8) is 0 Å². The smallest absolute Gasteiger partial charge is 0.222 e. The first kappa shape index (κ1) is 17.3. The average molecular weight is 317 g/mol. The molecular formula is C18H27N3O2. The van der Waals surface area contributed by atoms with Crippen molar-refractivity contribution in [3.8, 4) is 0 Å². The molecule has 0 spiro atoms. The number of hydrogen-bond acceptors (Lipinski definition) is 3. The van der Waals surface area contributed by atoms with Gasteiger partial charge in [0.25, 0.3) is 0 Å². The summed E-state index contributed by atoms with van der Waals surface area (Å²) in [5, 5.41) is 2.92. The molecule has 0 radical (unpaired) electrons. The summed E-state index contributed by atoms with van der Waals surface area (Å²) in [4.78, 5) is 25.7. The minimum atomic E-state index is 0.0374. The number of nitrogens with two attached hydrogens (primary N) is 1. The van der Waals surface area contributed by atoms with Crippen molar-refractivity contribution >= 4 is 17.5 Å². The first-order chi connectivity index (χ1) is 11.2. The number of nitrogens with zero attached hydrogens (tertiary/aromatic N) is 1. The van der Waals surface area contributed by atoms with E-state index in [1.165, 1.54) is 0 Å². The van der Waals surface area contributed by atoms with Crippen LogP contribution in [0.2, 0.25) is 0 Å². The molecular weight excluding hydrogens is 290 g/mol. The quantitative estimate of drug-likeness (QED) is 0.597. The number of hydrogen-bond donors (Lipinski definition) is 2. The second-order valence-electron chi connectivity index (χ2n) is 6.09. The molecule has 2 rings (SSSR count). The number of para-hydroxylation sites is 1. The molecule has 0 saturated carbocycles. The van der Waals surface area contributed by atoms with E-state index in [0.29, 0.717) is 25.8 Å². The van der Waals surface area contributed by atoms with Crippen molar-refractivity contribution in [1.82, 2.24) is 10.2 Å². The van der Waals surface area contributed by atoms with Crippen LogP contribution in [0.3, 0.4) is 0 Å². The van der Waals surface area contributed by atoms with E-state index in [2.05, 4.69) is 5.32 Å². The van der Waals surface area contributed by atoms with Gasteiger partial charge in [-0.3, -0.25) is 9.59 Å². The number of likely N-dealkylation sites (tertiary alicyclic amines) is 1. The van der Waals surface area contributed by atoms with Crippen LogP contribution >= 0.6 is 0 Å². The van der Waals surface area contributed by atoms with Crippen LogP contribution in [0.1, 0.15) is 44.1 Å². The second kappa shape index (κ2) is 9.18. The third-order valence-electron chi connectivity index (χ3n) is 4.27. The molecule has 5 nitrogen and oxygen atoms in total. The molecule has 2 amide bonds. The Morgan fingerprint density at radius 2 is 2.04 bits per heavy atom. The molecule has 1 aromatic rings. The van der Waals surface area contributed by atoms with E-state index < -0.39 is 0 Å². The third kappa shape index (κ3) is 5.93. The number of carbonyl (C=O) groups is 2. The minimum Gasteiger partial charge on any atom is -0.399 e. The van der Waals surface area contributed by atoms with Gasteiger partial charge in [0.1, 0.15) is 0 Å². The van der Waals surface area contributed by atoms with Gasteiger partial charge in [0.05, 0.1) is 0 Å². The maximum atomic E-state index is 11.9. The zero-order chi connectivity index (χ0) is 16.5. The van der Waals surface area contributed by atoms with Crippen molar-refractivity contribution in [2.75, 3.05) is 25.4 Å². The molecule has 3 N–H and O–H groups in total. The van der Waals surface area contributed by atoms with Gasteiger partial charge in [-0.15, -0.1) is 0 Å². The Morgan fingerprint density at radius 1 is 1.22 bits per heavy atom. The predicted octanol–water partition coefficient (Wildman–Crippen LogP) is 2.11. The first-order valence-corrected chi connectivity index (χ1v) is 8.54. The van der Waals surface area contributed by atoms with Crippen molar-refractivity contribution in [2.45, 2.75) is 44.9 Å². The molecule has 1 saturated heterocycles. The predicted molar refractivity (Wildman–Crippen MR) is 91.9 cm³/mol. The highest BCUT2D eigenvalue weighted by molar-refractivity contribution is 5.77. The van der Waals surface area contributed by atoms with Crippen LogP contribution in [0.4, 0.5) is 5.69 Å². The number of nitrogens with one attached hydrogen (secondary N) is 1. The highest BCUT2D eigenvalue weighted by Gasteiger charge is 2.15. The lowest BCUT2D eigenvalue weighted by Crippen LogP contribution is -2.34. The average Bonchev–Trinajstić information content (AvgIpc) is 2.75. The molecule has 0 atom stereocenters. The Bertz CT molecular complexity index is 531. The lowest BCUT2D eigenvalue weighted by molar-refractivity contribution is -0.130. The standard InChI is InChI=1S/C18H27N3O2/c19-16-8-4-3-7-15(16)10-11-17(22)20-12-6-14-21-13-5-1-2-9-18(21)23/h3-4,7-8H,1-2,5-6,9-14,19H2,(H,20,22). The molecule has 0 unspecified atom stereocenters. The fourth-order valence-electron chi connectivity index (χ4n) is 2.87. The number of carbonyl (C=O) groups excluding carboxylic acids is 2. The van der Waals surface area contributed by atoms with Crippen LogP contribution in [0, 0.1) is 0 Å². The summed E-state index contributed by atoms with van der Waals surface area (Å²) in [5.41, 5.74) is 7.62. The van der Waals surface area contributed by atoms with Crippen LogP contribution in [0.5, 0.6) is 0 Å². The fourth-order valence-corrected chi connectivity index (χ4v) is 2.87. The van der Waals surface area contributed by atoms with E-state index in [1.807, 2.05) is 29.2 Å². The van der Waals surface area contributed by atoms with Gasteiger partial charge in [-0.1, -0.05) is 24.6 Å². The maximum absolute atomic E-state index is 11.9. The highest BCUT2D eigenvalue weighted by atomic mass is 16.2. The zero-order valence-electron chi connectivity index (χ0n) is 13.7. The summed E-state index contributed by atoms with van der Waals surface area (Å²) in [5.74, 6) is 0.295. The Balaban J connectivity index is 1.61. The highest BCUT2D eigenvalue weighted by Crippen LogP contribution is 2.13. The number of amides is 2. The minimum absolute atomic E-state index is 0.0374. The lowest BCUT2D eigenvalue weighted by Gasteiger charge is -2.20. The topological polar surface area (TPSA) is 75.4 Å². The fraction of sp³-hybridized carbons (Fsp3) is 0.556. The number of nitrogen functional groups attached to an aromatic ring is 1.